The van der Waals surface area contributed by atoms with Gasteiger partial charge in [0, 0.05) is 6.54 Å². The zero-order chi connectivity index (χ0) is 12.0. The van der Waals surface area contributed by atoms with Crippen molar-refractivity contribution in [1.82, 2.24) is 4.98 Å². The fraction of sp³-hybridized carbons (Fsp3) is 0.462. The smallest absolute Gasteiger partial charge is 0.0907 e. The number of nitrogens with zero attached hydrogens (tertiary/aromatic N) is 1. The molecule has 1 aromatic heterocycles. The molecule has 0 bridgehead atoms. The Morgan fingerprint density at radius 2 is 2.24 bits per heavy atom. The maximum absolute atomic E-state index is 6.06. The minimum absolute atomic E-state index is 0.486. The highest BCUT2D eigenvalue weighted by molar-refractivity contribution is 7.18. The topological polar surface area (TPSA) is 50.9 Å². The SMILES string of the molecule is Cc1nc2cc(NCC3(C)CC3)c(N)cc2s1. The predicted molar refractivity (Wildman–Crippen MR) is 74.6 cm³/mol. The summed E-state index contributed by atoms with van der Waals surface area (Å²) in [5.41, 5.74) is 9.44. The van der Waals surface area contributed by atoms with Crippen molar-refractivity contribution >= 4 is 32.9 Å². The molecule has 0 radical (unpaired) electrons. The Hall–Kier alpha value is -1.29. The summed E-state index contributed by atoms with van der Waals surface area (Å²) in [6, 6.07) is 4.09. The molecule has 1 aliphatic carbocycles. The molecule has 0 amide bonds. The number of nitrogen functional groups attached to an aromatic ring is 1. The minimum atomic E-state index is 0.486. The van der Waals surface area contributed by atoms with Crippen LogP contribution in [-0.4, -0.2) is 11.5 Å². The lowest BCUT2D eigenvalue weighted by molar-refractivity contribution is 0.611. The molecule has 0 atom stereocenters. The Morgan fingerprint density at radius 3 is 2.94 bits per heavy atom. The lowest BCUT2D eigenvalue weighted by Gasteiger charge is -2.13. The highest BCUT2D eigenvalue weighted by Gasteiger charge is 2.36. The number of anilines is 2. The fourth-order valence-electron chi connectivity index (χ4n) is 1.96. The maximum Gasteiger partial charge on any atom is 0.0907 e. The molecule has 0 spiro atoms. The van der Waals surface area contributed by atoms with E-state index in [2.05, 4.69) is 23.3 Å². The number of aromatic nitrogens is 1. The number of benzene rings is 1. The third kappa shape index (κ3) is 2.09. The van der Waals surface area contributed by atoms with E-state index >= 15 is 0 Å². The number of rotatable bonds is 3. The largest absolute Gasteiger partial charge is 0.397 e. The molecule has 3 rings (SSSR count). The van der Waals surface area contributed by atoms with Crippen LogP contribution in [0.3, 0.4) is 0 Å². The number of nitrogens with two attached hydrogens (primary N) is 1. The lowest BCUT2D eigenvalue weighted by Crippen LogP contribution is -2.12. The second kappa shape index (κ2) is 3.60. The fourth-order valence-corrected chi connectivity index (χ4v) is 2.81. The zero-order valence-electron chi connectivity index (χ0n) is 10.2. The van der Waals surface area contributed by atoms with Gasteiger partial charge in [0.15, 0.2) is 0 Å². The Bertz CT molecular complexity index is 569. The molecule has 0 aliphatic heterocycles. The van der Waals surface area contributed by atoms with E-state index in [0.29, 0.717) is 5.41 Å². The first-order valence-electron chi connectivity index (χ1n) is 5.96. The number of thiazole rings is 1. The van der Waals surface area contributed by atoms with Gasteiger partial charge < -0.3 is 11.1 Å². The van der Waals surface area contributed by atoms with Gasteiger partial charge in [0.05, 0.1) is 26.6 Å². The van der Waals surface area contributed by atoms with E-state index in [-0.39, 0.29) is 0 Å². The molecule has 0 saturated heterocycles. The average molecular weight is 247 g/mol. The maximum atomic E-state index is 6.06. The summed E-state index contributed by atoms with van der Waals surface area (Å²) in [5, 5.41) is 4.55. The first-order valence-corrected chi connectivity index (χ1v) is 6.78. The van der Waals surface area contributed by atoms with Gasteiger partial charge in [-0.25, -0.2) is 4.98 Å². The second-order valence-electron chi connectivity index (χ2n) is 5.30. The minimum Gasteiger partial charge on any atom is -0.397 e. The molecule has 3 nitrogen and oxygen atoms in total. The van der Waals surface area contributed by atoms with Gasteiger partial charge in [0.25, 0.3) is 0 Å². The molecule has 1 fully saturated rings. The molecule has 3 N–H and O–H groups in total. The van der Waals surface area contributed by atoms with Gasteiger partial charge in [-0.05, 0) is 37.3 Å². The highest BCUT2D eigenvalue weighted by Crippen LogP contribution is 2.45. The first kappa shape index (κ1) is 10.8. The lowest BCUT2D eigenvalue weighted by atomic mass is 10.1. The summed E-state index contributed by atoms with van der Waals surface area (Å²) in [6.45, 7) is 5.34. The first-order chi connectivity index (χ1) is 8.06. The van der Waals surface area contributed by atoms with Crippen LogP contribution in [0.15, 0.2) is 12.1 Å². The number of hydrogen-bond acceptors (Lipinski definition) is 4. The quantitative estimate of drug-likeness (QED) is 0.817. The number of nitrogens with one attached hydrogen (secondary N) is 1. The van der Waals surface area contributed by atoms with Crippen molar-refractivity contribution < 1.29 is 0 Å². The van der Waals surface area contributed by atoms with Crippen LogP contribution in [0.4, 0.5) is 11.4 Å². The van der Waals surface area contributed by atoms with Crippen LogP contribution in [0, 0.1) is 12.3 Å². The van der Waals surface area contributed by atoms with Crippen molar-refractivity contribution in [2.45, 2.75) is 26.7 Å². The molecule has 1 heterocycles. The molecular weight excluding hydrogens is 230 g/mol. The van der Waals surface area contributed by atoms with Gasteiger partial charge >= 0.3 is 0 Å². The third-order valence-electron chi connectivity index (χ3n) is 3.48. The number of fused-ring (bicyclic) bond motifs is 1. The number of aryl methyl sites for hydroxylation is 1. The summed E-state index contributed by atoms with van der Waals surface area (Å²) in [6.07, 6.45) is 2.63. The number of hydrogen-bond donors (Lipinski definition) is 2. The van der Waals surface area contributed by atoms with Gasteiger partial charge in [-0.3, -0.25) is 0 Å². The van der Waals surface area contributed by atoms with E-state index in [4.69, 9.17) is 5.73 Å². The van der Waals surface area contributed by atoms with Crippen molar-refractivity contribution in [3.8, 4) is 0 Å². The van der Waals surface area contributed by atoms with E-state index in [0.717, 1.165) is 28.4 Å². The molecule has 1 saturated carbocycles. The molecule has 4 heteroatoms. The van der Waals surface area contributed by atoms with Crippen LogP contribution in [0.25, 0.3) is 10.2 Å². The summed E-state index contributed by atoms with van der Waals surface area (Å²) < 4.78 is 1.17. The third-order valence-corrected chi connectivity index (χ3v) is 4.41. The van der Waals surface area contributed by atoms with Crippen molar-refractivity contribution in [2.24, 2.45) is 5.41 Å². The predicted octanol–water partition coefficient (Wildman–Crippen LogP) is 3.40. The van der Waals surface area contributed by atoms with Crippen LogP contribution in [0.5, 0.6) is 0 Å². The van der Waals surface area contributed by atoms with Crippen LogP contribution < -0.4 is 11.1 Å². The molecule has 0 unspecified atom stereocenters. The molecular formula is C13H17N3S. The highest BCUT2D eigenvalue weighted by atomic mass is 32.1. The zero-order valence-corrected chi connectivity index (χ0v) is 11.0. The van der Waals surface area contributed by atoms with Gasteiger partial charge in [0.2, 0.25) is 0 Å². The normalized spacial score (nSPS) is 17.3. The molecule has 90 valence electrons. The van der Waals surface area contributed by atoms with Crippen LogP contribution in [0.2, 0.25) is 0 Å². The van der Waals surface area contributed by atoms with Gasteiger partial charge in [-0.2, -0.15) is 0 Å². The van der Waals surface area contributed by atoms with Crippen molar-refractivity contribution in [2.75, 3.05) is 17.6 Å². The Balaban J connectivity index is 1.89. The van der Waals surface area contributed by atoms with E-state index < -0.39 is 0 Å². The molecule has 1 aromatic carbocycles. The van der Waals surface area contributed by atoms with Gasteiger partial charge in [-0.15, -0.1) is 11.3 Å². The van der Waals surface area contributed by atoms with Gasteiger partial charge in [-0.1, -0.05) is 6.92 Å². The van der Waals surface area contributed by atoms with Crippen LogP contribution in [0.1, 0.15) is 24.8 Å². The Labute approximate surface area is 105 Å². The molecule has 17 heavy (non-hydrogen) atoms. The second-order valence-corrected chi connectivity index (χ2v) is 6.54. The van der Waals surface area contributed by atoms with E-state index in [1.165, 1.54) is 17.5 Å². The summed E-state index contributed by atoms with van der Waals surface area (Å²) in [4.78, 5) is 4.50. The van der Waals surface area contributed by atoms with Crippen molar-refractivity contribution in [3.63, 3.8) is 0 Å². The summed E-state index contributed by atoms with van der Waals surface area (Å²) in [7, 11) is 0. The van der Waals surface area contributed by atoms with Crippen molar-refractivity contribution in [1.29, 1.82) is 0 Å². The molecule has 1 aliphatic rings. The monoisotopic (exact) mass is 247 g/mol. The van der Waals surface area contributed by atoms with Crippen LogP contribution >= 0.6 is 11.3 Å². The standard InChI is InChI=1S/C13H17N3S/c1-8-16-11-6-10(9(14)5-12(11)17-8)15-7-13(2)3-4-13/h5-6,15H,3-4,7,14H2,1-2H3. The molecule has 2 aromatic rings. The van der Waals surface area contributed by atoms with Gasteiger partial charge in [0.1, 0.15) is 0 Å². The average Bonchev–Trinajstić information content (AvgIpc) is 2.88. The summed E-state index contributed by atoms with van der Waals surface area (Å²) >= 11 is 1.69. The van der Waals surface area contributed by atoms with E-state index in [9.17, 15) is 0 Å². The Kier molecular flexibility index (Phi) is 2.30. The Morgan fingerprint density at radius 1 is 1.47 bits per heavy atom. The van der Waals surface area contributed by atoms with Crippen molar-refractivity contribution in [3.05, 3.63) is 17.1 Å². The van der Waals surface area contributed by atoms with Crippen LogP contribution in [-0.2, 0) is 0 Å². The van der Waals surface area contributed by atoms with E-state index in [1.54, 1.807) is 11.3 Å². The summed E-state index contributed by atoms with van der Waals surface area (Å²) in [5.74, 6) is 0. The van der Waals surface area contributed by atoms with E-state index in [1.807, 2.05) is 13.0 Å².